The highest BCUT2D eigenvalue weighted by Crippen LogP contribution is 2.12. The normalized spacial score (nSPS) is 14.0. The van der Waals surface area contributed by atoms with Gasteiger partial charge in [0.2, 0.25) is 0 Å². The monoisotopic (exact) mass is 249 g/mol. The molecule has 0 atom stereocenters. The second-order valence-electron chi connectivity index (χ2n) is 5.62. The quantitative estimate of drug-likeness (QED) is 0.563. The molecule has 0 saturated heterocycles. The lowest BCUT2D eigenvalue weighted by Crippen LogP contribution is -2.60. The van der Waals surface area contributed by atoms with Crippen molar-refractivity contribution in [2.45, 2.75) is 26.2 Å². The molecule has 0 aromatic rings. The molecule has 0 aromatic heterocycles. The van der Waals surface area contributed by atoms with Gasteiger partial charge in [0.15, 0.2) is 8.32 Å². The van der Waals surface area contributed by atoms with Crippen molar-refractivity contribution < 1.29 is 4.12 Å². The zero-order chi connectivity index (χ0) is 12.3. The van der Waals surface area contributed by atoms with Crippen LogP contribution in [0.5, 0.6) is 0 Å². The minimum atomic E-state index is -1.76. The molecule has 0 spiro atoms. The van der Waals surface area contributed by atoms with E-state index in [9.17, 15) is 0 Å². The predicted molar refractivity (Wildman–Crippen MR) is 71.4 cm³/mol. The van der Waals surface area contributed by atoms with Crippen molar-refractivity contribution in [1.29, 1.82) is 0 Å². The molecule has 15 heavy (non-hydrogen) atoms. The topological polar surface area (TPSA) is 27.7 Å². The van der Waals surface area contributed by atoms with Gasteiger partial charge in [-0.25, -0.2) is 0 Å². The zero-order valence-corrected chi connectivity index (χ0v) is 13.5. The summed E-state index contributed by atoms with van der Waals surface area (Å²) in [5.41, 5.74) is 0. The van der Waals surface area contributed by atoms with Gasteiger partial charge in [0, 0.05) is 20.3 Å². The van der Waals surface area contributed by atoms with Crippen LogP contribution in [0, 0.1) is 0 Å². The van der Waals surface area contributed by atoms with Gasteiger partial charge in [-0.05, 0) is 40.3 Å². The summed E-state index contributed by atoms with van der Waals surface area (Å²) in [6, 6.07) is 0. The van der Waals surface area contributed by atoms with Crippen molar-refractivity contribution in [3.05, 3.63) is 0 Å². The Morgan fingerprint density at radius 1 is 1.00 bits per heavy atom. The Labute approximate surface area is 96.9 Å². The summed E-state index contributed by atoms with van der Waals surface area (Å²) in [6.07, 6.45) is 1.07. The zero-order valence-electron chi connectivity index (χ0n) is 11.5. The van der Waals surface area contributed by atoms with Gasteiger partial charge >= 0.3 is 0 Å². The number of hydrogen-bond donors (Lipinski definition) is 1. The van der Waals surface area contributed by atoms with Gasteiger partial charge in [0.1, 0.15) is 0 Å². The molecule has 0 aliphatic rings. The molecule has 0 aliphatic heterocycles. The molecular formula is C9H27N3OSi2. The van der Waals surface area contributed by atoms with E-state index in [1.807, 2.05) is 19.1 Å². The van der Waals surface area contributed by atoms with Crippen LogP contribution in [0.25, 0.3) is 0 Å². The second-order valence-corrected chi connectivity index (χ2v) is 13.5. The smallest absolute Gasteiger partial charge is 0.265 e. The van der Waals surface area contributed by atoms with Crippen LogP contribution in [0.1, 0.15) is 0 Å². The van der Waals surface area contributed by atoms with Gasteiger partial charge in [-0.3, -0.25) is 10.1 Å². The molecule has 0 radical (unpaired) electrons. The average Bonchev–Trinajstić information content (AvgIpc) is 1.73. The number of nitrogens with zero attached hydrogens (tertiary/aromatic N) is 2. The Morgan fingerprint density at radius 2 is 1.47 bits per heavy atom. The van der Waals surface area contributed by atoms with Crippen LogP contribution < -0.4 is 5.09 Å². The summed E-state index contributed by atoms with van der Waals surface area (Å²) in [7, 11) is 4.90. The molecule has 0 fully saturated rings. The predicted octanol–water partition coefficient (Wildman–Crippen LogP) is 1.08. The molecule has 0 bridgehead atoms. The summed E-state index contributed by atoms with van der Waals surface area (Å²) in [4.78, 5) is 2.21. The summed E-state index contributed by atoms with van der Waals surface area (Å²) in [5.74, 6) is 0. The molecule has 0 saturated carbocycles. The highest BCUT2D eigenvalue weighted by Gasteiger charge is 2.34. The fraction of sp³-hybridized carbons (Fsp3) is 1.00. The molecule has 6 heteroatoms. The fourth-order valence-electron chi connectivity index (χ4n) is 2.05. The van der Waals surface area contributed by atoms with Crippen molar-refractivity contribution >= 4 is 16.8 Å². The molecule has 0 aliphatic carbocycles. The Balaban J connectivity index is 4.29. The van der Waals surface area contributed by atoms with Gasteiger partial charge in [0.25, 0.3) is 8.48 Å². The van der Waals surface area contributed by atoms with E-state index in [1.54, 1.807) is 0 Å². The maximum atomic E-state index is 6.33. The summed E-state index contributed by atoms with van der Waals surface area (Å²) in [6.45, 7) is 8.97. The van der Waals surface area contributed by atoms with E-state index in [1.165, 1.54) is 0 Å². The van der Waals surface area contributed by atoms with E-state index < -0.39 is 16.8 Å². The molecule has 0 unspecified atom stereocenters. The van der Waals surface area contributed by atoms with Crippen molar-refractivity contribution in [3.63, 3.8) is 0 Å². The number of hydrogen-bond acceptors (Lipinski definition) is 4. The van der Waals surface area contributed by atoms with Crippen LogP contribution in [0.3, 0.4) is 0 Å². The van der Waals surface area contributed by atoms with Crippen LogP contribution in [-0.2, 0) is 4.12 Å². The average molecular weight is 250 g/mol. The maximum absolute atomic E-state index is 6.33. The largest absolute Gasteiger partial charge is 0.443 e. The molecule has 92 valence electrons. The van der Waals surface area contributed by atoms with Gasteiger partial charge in [-0.2, -0.15) is 0 Å². The Hall–Kier alpha value is 0.274. The fourth-order valence-corrected chi connectivity index (χ4v) is 10.6. The maximum Gasteiger partial charge on any atom is 0.265 e. The summed E-state index contributed by atoms with van der Waals surface area (Å²) >= 11 is 0. The van der Waals surface area contributed by atoms with E-state index in [-0.39, 0.29) is 0 Å². The first-order valence-corrected chi connectivity index (χ1v) is 11.4. The second kappa shape index (κ2) is 5.56. The summed E-state index contributed by atoms with van der Waals surface area (Å²) in [5, 5.41) is 5.41. The Morgan fingerprint density at radius 3 is 1.80 bits per heavy atom. The van der Waals surface area contributed by atoms with Crippen LogP contribution >= 0.6 is 0 Å². The van der Waals surface area contributed by atoms with E-state index in [0.717, 1.165) is 6.17 Å². The first-order valence-electron chi connectivity index (χ1n) is 5.34. The lowest BCUT2D eigenvalue weighted by molar-refractivity contribution is 0.326. The minimum Gasteiger partial charge on any atom is -0.443 e. The Bertz CT molecular complexity index is 176. The SMILES string of the molecule is CN(C)C[Si](C)(C)O[Si](C)(C)NN(C)C. The highest BCUT2D eigenvalue weighted by atomic mass is 28.4. The van der Waals surface area contributed by atoms with E-state index >= 15 is 0 Å². The molecule has 1 N–H and O–H groups in total. The van der Waals surface area contributed by atoms with Gasteiger partial charge in [-0.1, -0.05) is 0 Å². The molecule has 0 heterocycles. The lowest BCUT2D eigenvalue weighted by Gasteiger charge is -2.37. The molecular weight excluding hydrogens is 222 g/mol. The first-order chi connectivity index (χ1) is 6.54. The standard InChI is InChI=1S/C9H27N3OSi2/c1-11(2)9-14(5,6)13-15(7,8)10-12(3)4/h10H,9H2,1-8H3. The van der Waals surface area contributed by atoms with Crippen LogP contribution in [-0.4, -0.2) is 61.1 Å². The van der Waals surface area contributed by atoms with Crippen LogP contribution in [0.4, 0.5) is 0 Å². The molecule has 0 aromatic carbocycles. The number of hydrazine groups is 1. The van der Waals surface area contributed by atoms with E-state index in [0.29, 0.717) is 0 Å². The minimum absolute atomic E-state index is 1.07. The molecule has 0 rings (SSSR count). The molecule has 4 nitrogen and oxygen atoms in total. The number of nitrogens with one attached hydrogen (secondary N) is 1. The third-order valence-corrected chi connectivity index (χ3v) is 8.35. The van der Waals surface area contributed by atoms with Crippen molar-refractivity contribution in [1.82, 2.24) is 15.0 Å². The van der Waals surface area contributed by atoms with Crippen molar-refractivity contribution in [2.75, 3.05) is 34.4 Å². The lowest BCUT2D eigenvalue weighted by atomic mass is 11.0. The first kappa shape index (κ1) is 15.3. The van der Waals surface area contributed by atoms with E-state index in [2.05, 4.69) is 50.3 Å². The third-order valence-electron chi connectivity index (χ3n) is 1.72. The highest BCUT2D eigenvalue weighted by molar-refractivity contribution is 6.83. The van der Waals surface area contributed by atoms with Crippen molar-refractivity contribution in [3.8, 4) is 0 Å². The van der Waals surface area contributed by atoms with Gasteiger partial charge in [0.05, 0.1) is 0 Å². The van der Waals surface area contributed by atoms with Crippen LogP contribution in [0.2, 0.25) is 26.2 Å². The molecule has 0 amide bonds. The number of rotatable bonds is 6. The van der Waals surface area contributed by atoms with Crippen molar-refractivity contribution in [2.24, 2.45) is 0 Å². The van der Waals surface area contributed by atoms with E-state index in [4.69, 9.17) is 4.12 Å². The Kier molecular flexibility index (Phi) is 5.66. The van der Waals surface area contributed by atoms with Crippen LogP contribution in [0.15, 0.2) is 0 Å². The van der Waals surface area contributed by atoms with Gasteiger partial charge in [-0.15, -0.1) is 0 Å². The van der Waals surface area contributed by atoms with Gasteiger partial charge < -0.3 is 9.02 Å². The third kappa shape index (κ3) is 8.12. The summed E-state index contributed by atoms with van der Waals surface area (Å²) < 4.78 is 6.33.